The molecule has 0 spiro atoms. The van der Waals surface area contributed by atoms with E-state index in [-0.39, 0.29) is 6.10 Å². The first-order chi connectivity index (χ1) is 10.5. The molecule has 0 radical (unpaired) electrons. The minimum absolute atomic E-state index is 0.313. The summed E-state index contributed by atoms with van der Waals surface area (Å²) in [5.74, 6) is -1.17. The summed E-state index contributed by atoms with van der Waals surface area (Å²) in [5.41, 5.74) is 0.479. The number of rotatable bonds is 3. The van der Waals surface area contributed by atoms with Crippen LogP contribution in [0.15, 0.2) is 30.3 Å². The van der Waals surface area contributed by atoms with E-state index < -0.39 is 30.3 Å². The van der Waals surface area contributed by atoms with Crippen LogP contribution in [-0.2, 0) is 23.7 Å². The maximum Gasteiger partial charge on any atom is 0.338 e. The van der Waals surface area contributed by atoms with Crippen LogP contribution in [0, 0.1) is 0 Å². The first-order valence-electron chi connectivity index (χ1n) is 7.26. The minimum Gasteiger partial charge on any atom is -0.450 e. The number of carbonyl (C=O) groups is 1. The Morgan fingerprint density at radius 3 is 2.68 bits per heavy atom. The van der Waals surface area contributed by atoms with E-state index in [0.717, 1.165) is 0 Å². The van der Waals surface area contributed by atoms with E-state index >= 15 is 0 Å². The Morgan fingerprint density at radius 2 is 2.00 bits per heavy atom. The highest BCUT2D eigenvalue weighted by Crippen LogP contribution is 2.35. The molecule has 0 aliphatic carbocycles. The summed E-state index contributed by atoms with van der Waals surface area (Å²) >= 11 is 0. The van der Waals surface area contributed by atoms with Crippen molar-refractivity contribution in [1.82, 2.24) is 0 Å². The largest absolute Gasteiger partial charge is 0.450 e. The van der Waals surface area contributed by atoms with E-state index in [4.69, 9.17) is 23.7 Å². The van der Waals surface area contributed by atoms with Gasteiger partial charge in [-0.15, -0.1) is 0 Å². The number of methoxy groups -OCH3 is 1. The Balaban J connectivity index is 1.76. The Labute approximate surface area is 129 Å². The van der Waals surface area contributed by atoms with Crippen LogP contribution in [0.4, 0.5) is 0 Å². The van der Waals surface area contributed by atoms with E-state index in [2.05, 4.69) is 0 Å². The summed E-state index contributed by atoms with van der Waals surface area (Å²) in [4.78, 5) is 12.3. The van der Waals surface area contributed by atoms with Gasteiger partial charge in [-0.25, -0.2) is 4.79 Å². The minimum atomic E-state index is -0.745. The average molecular weight is 308 g/mol. The van der Waals surface area contributed by atoms with Gasteiger partial charge in [-0.2, -0.15) is 0 Å². The molecule has 1 aromatic carbocycles. The SMILES string of the molecule is CO[C@H]1O[C@@H]2COC(C)(C)O[C@@H]2[C@H]1OC(=O)c1ccccc1. The van der Waals surface area contributed by atoms with Crippen molar-refractivity contribution in [3.63, 3.8) is 0 Å². The molecule has 22 heavy (non-hydrogen) atoms. The Bertz CT molecular complexity index is 529. The predicted octanol–water partition coefficient (Wildman–Crippen LogP) is 1.73. The molecule has 6 nitrogen and oxygen atoms in total. The van der Waals surface area contributed by atoms with Gasteiger partial charge >= 0.3 is 5.97 Å². The van der Waals surface area contributed by atoms with Crippen molar-refractivity contribution in [2.75, 3.05) is 13.7 Å². The monoisotopic (exact) mass is 308 g/mol. The second-order valence-electron chi connectivity index (χ2n) is 5.81. The molecule has 1 aromatic rings. The first-order valence-corrected chi connectivity index (χ1v) is 7.26. The molecule has 4 atom stereocenters. The summed E-state index contributed by atoms with van der Waals surface area (Å²) < 4.78 is 28.0. The van der Waals surface area contributed by atoms with Crippen molar-refractivity contribution in [2.24, 2.45) is 0 Å². The molecule has 0 aromatic heterocycles. The van der Waals surface area contributed by atoms with Gasteiger partial charge in [0.25, 0.3) is 0 Å². The Kier molecular flexibility index (Phi) is 4.18. The zero-order valence-electron chi connectivity index (χ0n) is 12.9. The summed E-state index contributed by atoms with van der Waals surface area (Å²) in [6.45, 7) is 4.01. The molecule has 120 valence electrons. The Hall–Kier alpha value is -1.47. The fraction of sp³-hybridized carbons (Fsp3) is 0.562. The van der Waals surface area contributed by atoms with Crippen LogP contribution in [-0.4, -0.2) is 50.1 Å². The molecule has 2 heterocycles. The lowest BCUT2D eigenvalue weighted by molar-refractivity contribution is -0.300. The molecule has 0 amide bonds. The third kappa shape index (κ3) is 3.01. The maximum absolute atomic E-state index is 12.3. The summed E-state index contributed by atoms with van der Waals surface area (Å²) in [7, 11) is 1.51. The fourth-order valence-electron chi connectivity index (χ4n) is 2.69. The van der Waals surface area contributed by atoms with Crippen LogP contribution in [0.2, 0.25) is 0 Å². The lowest BCUT2D eigenvalue weighted by Gasteiger charge is -2.38. The summed E-state index contributed by atoms with van der Waals surface area (Å²) in [5, 5.41) is 0. The number of ether oxygens (including phenoxy) is 5. The van der Waals surface area contributed by atoms with Gasteiger partial charge in [0.05, 0.1) is 12.2 Å². The molecule has 2 fully saturated rings. The highest BCUT2D eigenvalue weighted by molar-refractivity contribution is 5.89. The van der Waals surface area contributed by atoms with Crippen molar-refractivity contribution < 1.29 is 28.5 Å². The van der Waals surface area contributed by atoms with Crippen LogP contribution >= 0.6 is 0 Å². The molecular weight excluding hydrogens is 288 g/mol. The van der Waals surface area contributed by atoms with Gasteiger partial charge in [-0.1, -0.05) is 18.2 Å². The van der Waals surface area contributed by atoms with Crippen LogP contribution < -0.4 is 0 Å². The van der Waals surface area contributed by atoms with Gasteiger partial charge in [0, 0.05) is 7.11 Å². The third-order valence-electron chi connectivity index (χ3n) is 3.77. The fourth-order valence-corrected chi connectivity index (χ4v) is 2.69. The molecule has 0 bridgehead atoms. The molecule has 6 heteroatoms. The van der Waals surface area contributed by atoms with Crippen molar-refractivity contribution in [1.29, 1.82) is 0 Å². The molecule has 2 saturated heterocycles. The second kappa shape index (κ2) is 5.96. The van der Waals surface area contributed by atoms with Gasteiger partial charge in [0.15, 0.2) is 18.2 Å². The highest BCUT2D eigenvalue weighted by Gasteiger charge is 2.53. The standard InChI is InChI=1S/C16H20O6/c1-16(2)19-9-11-12(22-16)13(15(18-3)20-11)21-14(17)10-7-5-4-6-8-10/h4-8,11-13,15H,9H2,1-3H3/t11-,12+,13-,15+/m1/s1. The lowest BCUT2D eigenvalue weighted by atomic mass is 10.1. The molecule has 0 N–H and O–H groups in total. The lowest BCUT2D eigenvalue weighted by Crippen LogP contribution is -2.51. The van der Waals surface area contributed by atoms with E-state index in [0.29, 0.717) is 12.2 Å². The number of fused-ring (bicyclic) bond motifs is 1. The van der Waals surface area contributed by atoms with E-state index in [1.807, 2.05) is 19.9 Å². The van der Waals surface area contributed by atoms with E-state index in [1.165, 1.54) is 7.11 Å². The second-order valence-corrected chi connectivity index (χ2v) is 5.81. The smallest absolute Gasteiger partial charge is 0.338 e. The normalized spacial score (nSPS) is 33.2. The number of hydrogen-bond acceptors (Lipinski definition) is 6. The molecule has 2 aliphatic rings. The number of esters is 1. The molecule has 0 saturated carbocycles. The topological polar surface area (TPSA) is 63.2 Å². The average Bonchev–Trinajstić information content (AvgIpc) is 2.84. The molecule has 2 aliphatic heterocycles. The molecule has 0 unspecified atom stereocenters. The maximum atomic E-state index is 12.3. The van der Waals surface area contributed by atoms with Crippen LogP contribution in [0.5, 0.6) is 0 Å². The quantitative estimate of drug-likeness (QED) is 0.793. The summed E-state index contributed by atoms with van der Waals surface area (Å²) in [6.07, 6.45) is -2.03. The van der Waals surface area contributed by atoms with Gasteiger partial charge in [0.1, 0.15) is 12.2 Å². The summed E-state index contributed by atoms with van der Waals surface area (Å²) in [6, 6.07) is 8.81. The van der Waals surface area contributed by atoms with Crippen molar-refractivity contribution in [2.45, 2.75) is 44.2 Å². The van der Waals surface area contributed by atoms with Crippen LogP contribution in [0.3, 0.4) is 0 Å². The Morgan fingerprint density at radius 1 is 1.27 bits per heavy atom. The number of hydrogen-bond donors (Lipinski definition) is 0. The number of benzene rings is 1. The predicted molar refractivity (Wildman–Crippen MR) is 76.2 cm³/mol. The first kappa shape index (κ1) is 15.4. The van der Waals surface area contributed by atoms with Gasteiger partial charge in [-0.05, 0) is 26.0 Å². The van der Waals surface area contributed by atoms with E-state index in [9.17, 15) is 4.79 Å². The van der Waals surface area contributed by atoms with E-state index in [1.54, 1.807) is 24.3 Å². The third-order valence-corrected chi connectivity index (χ3v) is 3.77. The molecular formula is C16H20O6. The van der Waals surface area contributed by atoms with Gasteiger partial charge in [0.2, 0.25) is 0 Å². The van der Waals surface area contributed by atoms with Gasteiger partial charge in [-0.3, -0.25) is 0 Å². The van der Waals surface area contributed by atoms with Crippen LogP contribution in [0.1, 0.15) is 24.2 Å². The van der Waals surface area contributed by atoms with Gasteiger partial charge < -0.3 is 23.7 Å². The zero-order valence-corrected chi connectivity index (χ0v) is 12.9. The van der Waals surface area contributed by atoms with Crippen LogP contribution in [0.25, 0.3) is 0 Å². The molecule has 3 rings (SSSR count). The van der Waals surface area contributed by atoms with Crippen molar-refractivity contribution >= 4 is 5.97 Å². The zero-order chi connectivity index (χ0) is 15.7. The number of carbonyl (C=O) groups excluding carboxylic acids is 1. The highest BCUT2D eigenvalue weighted by atomic mass is 16.8. The van der Waals surface area contributed by atoms with Crippen molar-refractivity contribution in [3.05, 3.63) is 35.9 Å². The van der Waals surface area contributed by atoms with Crippen molar-refractivity contribution in [3.8, 4) is 0 Å².